The lowest BCUT2D eigenvalue weighted by Crippen LogP contribution is -2.47. The molecular formula is C16H14ClN3O4. The fraction of sp³-hybridized carbons (Fsp3) is 0.0625. The number of amides is 3. The van der Waals surface area contributed by atoms with Gasteiger partial charge in [-0.3, -0.25) is 25.2 Å². The van der Waals surface area contributed by atoms with Crippen molar-refractivity contribution in [2.45, 2.75) is 6.54 Å². The third-order valence-corrected chi connectivity index (χ3v) is 3.17. The molecule has 1 aromatic heterocycles. The smallest absolute Gasteiger partial charge is 0.327 e. The lowest BCUT2D eigenvalue weighted by Gasteiger charge is -2.05. The molecule has 0 fully saturated rings. The molecule has 8 heteroatoms. The SMILES string of the molecule is O=C(/C=C/c1ccccc1Cl)NNC(=O)C(=O)NCc1ccco1. The van der Waals surface area contributed by atoms with Crippen molar-refractivity contribution in [1.82, 2.24) is 16.2 Å². The van der Waals surface area contributed by atoms with Crippen LogP contribution >= 0.6 is 11.6 Å². The number of furan rings is 1. The summed E-state index contributed by atoms with van der Waals surface area (Å²) in [4.78, 5) is 34.6. The van der Waals surface area contributed by atoms with Crippen LogP contribution in [0, 0.1) is 0 Å². The summed E-state index contributed by atoms with van der Waals surface area (Å²) in [5.41, 5.74) is 4.74. The lowest BCUT2D eigenvalue weighted by molar-refractivity contribution is -0.140. The summed E-state index contributed by atoms with van der Waals surface area (Å²) in [7, 11) is 0. The van der Waals surface area contributed by atoms with E-state index in [1.807, 2.05) is 5.43 Å². The van der Waals surface area contributed by atoms with Crippen LogP contribution in [0.4, 0.5) is 0 Å². The van der Waals surface area contributed by atoms with E-state index >= 15 is 0 Å². The van der Waals surface area contributed by atoms with Crippen molar-refractivity contribution in [3.05, 3.63) is 65.1 Å². The van der Waals surface area contributed by atoms with Gasteiger partial charge < -0.3 is 9.73 Å². The van der Waals surface area contributed by atoms with Gasteiger partial charge in [0.1, 0.15) is 5.76 Å². The first-order valence-corrected chi connectivity index (χ1v) is 7.27. The maximum absolute atomic E-state index is 11.6. The van der Waals surface area contributed by atoms with Crippen LogP contribution in [0.25, 0.3) is 6.08 Å². The topological polar surface area (TPSA) is 100 Å². The summed E-state index contributed by atoms with van der Waals surface area (Å²) in [6.45, 7) is 0.0691. The van der Waals surface area contributed by atoms with Crippen molar-refractivity contribution in [2.24, 2.45) is 0 Å². The number of rotatable bonds is 4. The zero-order valence-corrected chi connectivity index (χ0v) is 13.2. The molecule has 0 saturated heterocycles. The van der Waals surface area contributed by atoms with E-state index in [1.165, 1.54) is 18.4 Å². The molecule has 2 aromatic rings. The molecule has 0 unspecified atom stereocenters. The molecule has 1 aromatic carbocycles. The number of carbonyl (C=O) groups is 3. The van der Waals surface area contributed by atoms with Gasteiger partial charge in [-0.1, -0.05) is 29.8 Å². The van der Waals surface area contributed by atoms with E-state index in [9.17, 15) is 14.4 Å². The standard InChI is InChI=1S/C16H14ClN3O4/c17-13-6-2-1-4-11(13)7-8-14(21)19-20-16(23)15(22)18-10-12-5-3-9-24-12/h1-9H,10H2,(H,18,22)(H,19,21)(H,20,23)/b8-7+. The van der Waals surface area contributed by atoms with E-state index in [2.05, 4.69) is 10.7 Å². The minimum Gasteiger partial charge on any atom is -0.467 e. The fourth-order valence-electron chi connectivity index (χ4n) is 1.65. The number of halogens is 1. The molecule has 0 bridgehead atoms. The Kier molecular flexibility index (Phi) is 6.16. The molecule has 24 heavy (non-hydrogen) atoms. The quantitative estimate of drug-likeness (QED) is 0.442. The van der Waals surface area contributed by atoms with E-state index in [0.717, 1.165) is 0 Å². The molecule has 0 aliphatic carbocycles. The first-order chi connectivity index (χ1) is 11.6. The Labute approximate surface area is 142 Å². The van der Waals surface area contributed by atoms with E-state index < -0.39 is 17.7 Å². The highest BCUT2D eigenvalue weighted by Crippen LogP contribution is 2.15. The third-order valence-electron chi connectivity index (χ3n) is 2.83. The van der Waals surface area contributed by atoms with E-state index in [-0.39, 0.29) is 6.54 Å². The molecule has 0 radical (unpaired) electrons. The number of hydrogen-bond donors (Lipinski definition) is 3. The van der Waals surface area contributed by atoms with Crippen LogP contribution in [0.3, 0.4) is 0 Å². The van der Waals surface area contributed by atoms with Crippen molar-refractivity contribution in [3.63, 3.8) is 0 Å². The Morgan fingerprint density at radius 3 is 2.54 bits per heavy atom. The highest BCUT2D eigenvalue weighted by atomic mass is 35.5. The van der Waals surface area contributed by atoms with Gasteiger partial charge >= 0.3 is 11.8 Å². The Hall–Kier alpha value is -3.06. The first kappa shape index (κ1) is 17.3. The van der Waals surface area contributed by atoms with Crippen LogP contribution in [0.5, 0.6) is 0 Å². The molecule has 0 atom stereocenters. The summed E-state index contributed by atoms with van der Waals surface area (Å²) in [6.07, 6.45) is 4.12. The van der Waals surface area contributed by atoms with Crippen molar-refractivity contribution in [1.29, 1.82) is 0 Å². The average Bonchev–Trinajstić information content (AvgIpc) is 3.10. The van der Waals surface area contributed by atoms with Crippen molar-refractivity contribution in [3.8, 4) is 0 Å². The largest absolute Gasteiger partial charge is 0.467 e. The van der Waals surface area contributed by atoms with Crippen LogP contribution in [0.15, 0.2) is 53.2 Å². The molecular weight excluding hydrogens is 334 g/mol. The number of hydrazine groups is 1. The van der Waals surface area contributed by atoms with Crippen molar-refractivity contribution >= 4 is 35.4 Å². The number of hydrogen-bond acceptors (Lipinski definition) is 4. The van der Waals surface area contributed by atoms with E-state index in [4.69, 9.17) is 16.0 Å². The second kappa shape index (κ2) is 8.54. The normalized spacial score (nSPS) is 10.4. The van der Waals surface area contributed by atoms with Gasteiger partial charge in [0, 0.05) is 11.1 Å². The van der Waals surface area contributed by atoms with Gasteiger partial charge in [0.2, 0.25) is 0 Å². The van der Waals surface area contributed by atoms with E-state index in [1.54, 1.807) is 36.4 Å². The Balaban J connectivity index is 1.75. The number of benzene rings is 1. The van der Waals surface area contributed by atoms with E-state index in [0.29, 0.717) is 16.3 Å². The molecule has 2 rings (SSSR count). The summed E-state index contributed by atoms with van der Waals surface area (Å²) in [5, 5.41) is 2.83. The minimum absolute atomic E-state index is 0.0691. The van der Waals surface area contributed by atoms with Crippen LogP contribution < -0.4 is 16.2 Å². The van der Waals surface area contributed by atoms with Crippen molar-refractivity contribution in [2.75, 3.05) is 0 Å². The summed E-state index contributed by atoms with van der Waals surface area (Å²) in [6, 6.07) is 10.3. The average molecular weight is 348 g/mol. The summed E-state index contributed by atoms with van der Waals surface area (Å²) in [5.74, 6) is -2.01. The zero-order chi connectivity index (χ0) is 17.4. The van der Waals surface area contributed by atoms with Gasteiger partial charge in [0.15, 0.2) is 0 Å². The van der Waals surface area contributed by atoms with Crippen LogP contribution in [-0.4, -0.2) is 17.7 Å². The molecule has 7 nitrogen and oxygen atoms in total. The highest BCUT2D eigenvalue weighted by molar-refractivity contribution is 6.35. The predicted molar refractivity (Wildman–Crippen MR) is 87.3 cm³/mol. The fourth-order valence-corrected chi connectivity index (χ4v) is 1.85. The molecule has 3 amide bonds. The number of nitrogens with one attached hydrogen (secondary N) is 3. The second-order valence-corrected chi connectivity index (χ2v) is 4.97. The van der Waals surface area contributed by atoms with Gasteiger partial charge in [0.25, 0.3) is 5.91 Å². The second-order valence-electron chi connectivity index (χ2n) is 4.56. The van der Waals surface area contributed by atoms with Gasteiger partial charge in [0.05, 0.1) is 12.8 Å². The highest BCUT2D eigenvalue weighted by Gasteiger charge is 2.13. The lowest BCUT2D eigenvalue weighted by atomic mass is 10.2. The summed E-state index contributed by atoms with van der Waals surface area (Å²) < 4.78 is 5.01. The molecule has 0 spiro atoms. The molecule has 1 heterocycles. The number of carbonyl (C=O) groups excluding carboxylic acids is 3. The predicted octanol–water partition coefficient (Wildman–Crippen LogP) is 1.41. The van der Waals surface area contributed by atoms with Gasteiger partial charge in [-0.05, 0) is 29.8 Å². The molecule has 124 valence electrons. The minimum atomic E-state index is -0.999. The maximum atomic E-state index is 11.6. The maximum Gasteiger partial charge on any atom is 0.327 e. The summed E-state index contributed by atoms with van der Waals surface area (Å²) >= 11 is 5.94. The van der Waals surface area contributed by atoms with Crippen LogP contribution in [-0.2, 0) is 20.9 Å². The van der Waals surface area contributed by atoms with Crippen molar-refractivity contribution < 1.29 is 18.8 Å². The third kappa shape index (κ3) is 5.29. The van der Waals surface area contributed by atoms with Crippen LogP contribution in [0.1, 0.15) is 11.3 Å². The first-order valence-electron chi connectivity index (χ1n) is 6.89. The van der Waals surface area contributed by atoms with Gasteiger partial charge in [-0.15, -0.1) is 0 Å². The molecule has 0 aliphatic rings. The van der Waals surface area contributed by atoms with Gasteiger partial charge in [-0.2, -0.15) is 0 Å². The Morgan fingerprint density at radius 2 is 1.83 bits per heavy atom. The molecule has 0 saturated carbocycles. The zero-order valence-electron chi connectivity index (χ0n) is 12.4. The Morgan fingerprint density at radius 1 is 1.04 bits per heavy atom. The monoisotopic (exact) mass is 347 g/mol. The molecule has 0 aliphatic heterocycles. The Bertz CT molecular complexity index is 756. The van der Waals surface area contributed by atoms with Crippen LogP contribution in [0.2, 0.25) is 5.02 Å². The van der Waals surface area contributed by atoms with Gasteiger partial charge in [-0.25, -0.2) is 0 Å². The molecule has 3 N–H and O–H groups in total.